The Labute approximate surface area is 168 Å². The van der Waals surface area contributed by atoms with Gasteiger partial charge in [-0.15, -0.1) is 11.3 Å². The molecule has 2 bridgehead atoms. The summed E-state index contributed by atoms with van der Waals surface area (Å²) in [4.78, 5) is 13.0. The minimum atomic E-state index is -4.36. The Morgan fingerprint density at radius 1 is 1.25 bits per heavy atom. The monoisotopic (exact) mass is 415 g/mol. The van der Waals surface area contributed by atoms with Crippen LogP contribution in [0.5, 0.6) is 0 Å². The van der Waals surface area contributed by atoms with E-state index in [4.69, 9.17) is 0 Å². The van der Waals surface area contributed by atoms with Gasteiger partial charge in [0.05, 0.1) is 5.01 Å². The molecule has 2 saturated carbocycles. The van der Waals surface area contributed by atoms with E-state index >= 15 is 0 Å². The van der Waals surface area contributed by atoms with Gasteiger partial charge in [0.1, 0.15) is 0 Å². The number of piperazine rings is 1. The van der Waals surface area contributed by atoms with Crippen LogP contribution >= 0.6 is 11.3 Å². The van der Waals surface area contributed by atoms with Gasteiger partial charge in [-0.2, -0.15) is 13.2 Å². The summed E-state index contributed by atoms with van der Waals surface area (Å²) in [5.74, 6) is 2.71. The van der Waals surface area contributed by atoms with Crippen LogP contribution in [0.25, 0.3) is 0 Å². The molecular weight excluding hydrogens is 387 g/mol. The zero-order valence-electron chi connectivity index (χ0n) is 16.2. The quantitative estimate of drug-likeness (QED) is 0.606. The predicted octanol–water partition coefficient (Wildman–Crippen LogP) is 3.09. The molecule has 2 heterocycles. The molecule has 1 N–H and O–H groups in total. The second kappa shape index (κ2) is 8.18. The van der Waals surface area contributed by atoms with E-state index in [1.54, 1.807) is 7.05 Å². The van der Waals surface area contributed by atoms with Gasteiger partial charge in [-0.1, -0.05) is 6.42 Å². The Bertz CT molecular complexity index is 696. The lowest BCUT2D eigenvalue weighted by Crippen LogP contribution is -2.55. The molecule has 0 spiro atoms. The molecule has 9 heteroatoms. The first-order chi connectivity index (χ1) is 13.4. The lowest BCUT2D eigenvalue weighted by Gasteiger charge is -2.41. The molecule has 1 aliphatic heterocycles. The molecule has 3 atom stereocenters. The zero-order valence-corrected chi connectivity index (χ0v) is 17.0. The summed E-state index contributed by atoms with van der Waals surface area (Å²) < 4.78 is 37.9. The lowest BCUT2D eigenvalue weighted by atomic mass is 9.93. The second-order valence-corrected chi connectivity index (χ2v) is 9.06. The fourth-order valence-corrected chi connectivity index (χ4v) is 5.90. The Kier molecular flexibility index (Phi) is 5.83. The van der Waals surface area contributed by atoms with E-state index in [0.29, 0.717) is 18.0 Å². The Morgan fingerprint density at radius 2 is 2.04 bits per heavy atom. The average molecular weight is 416 g/mol. The van der Waals surface area contributed by atoms with E-state index in [-0.39, 0.29) is 0 Å². The van der Waals surface area contributed by atoms with Crippen molar-refractivity contribution in [1.82, 2.24) is 20.1 Å². The third-order valence-electron chi connectivity index (χ3n) is 6.46. The number of aromatic nitrogens is 1. The molecule has 5 nitrogen and oxygen atoms in total. The van der Waals surface area contributed by atoms with Crippen molar-refractivity contribution < 1.29 is 13.2 Å². The third kappa shape index (κ3) is 4.30. The molecule has 1 saturated heterocycles. The number of aliphatic imine (C=N–C) groups is 1. The Balaban J connectivity index is 1.22. The molecule has 2 aliphatic carbocycles. The van der Waals surface area contributed by atoms with Crippen molar-refractivity contribution in [2.45, 2.75) is 44.3 Å². The summed E-state index contributed by atoms with van der Waals surface area (Å²) in [6.45, 7) is 4.56. The molecule has 4 rings (SSSR count). The first kappa shape index (κ1) is 19.9. The minimum Gasteiger partial charge on any atom is -0.356 e. The van der Waals surface area contributed by atoms with Crippen LogP contribution in [0.4, 0.5) is 13.2 Å². The van der Waals surface area contributed by atoms with Gasteiger partial charge < -0.3 is 10.2 Å². The average Bonchev–Trinajstić information content (AvgIpc) is 3.41. The first-order valence-electron chi connectivity index (χ1n) is 10.2. The Hall–Kier alpha value is -1.35. The van der Waals surface area contributed by atoms with Crippen LogP contribution in [0.2, 0.25) is 0 Å². The van der Waals surface area contributed by atoms with E-state index in [2.05, 4.69) is 25.1 Å². The van der Waals surface area contributed by atoms with Crippen molar-refractivity contribution in [2.75, 3.05) is 39.8 Å². The molecular formula is C19H28F3N5S. The fraction of sp³-hybridized carbons (Fsp3) is 0.789. The number of nitrogens with one attached hydrogen (secondary N) is 1. The first-order valence-corrected chi connectivity index (χ1v) is 11.0. The fourth-order valence-electron chi connectivity index (χ4n) is 5.09. The molecule has 3 fully saturated rings. The highest BCUT2D eigenvalue weighted by molar-refractivity contribution is 7.09. The number of hydrogen-bond acceptors (Lipinski definition) is 4. The number of guanidine groups is 1. The summed E-state index contributed by atoms with van der Waals surface area (Å²) in [6, 6.07) is 0.781. The van der Waals surface area contributed by atoms with Gasteiger partial charge in [-0.05, 0) is 31.1 Å². The van der Waals surface area contributed by atoms with E-state index < -0.39 is 11.9 Å². The van der Waals surface area contributed by atoms with Crippen molar-refractivity contribution in [3.8, 4) is 0 Å². The van der Waals surface area contributed by atoms with Crippen LogP contribution < -0.4 is 5.32 Å². The van der Waals surface area contributed by atoms with Crippen molar-refractivity contribution in [3.63, 3.8) is 0 Å². The molecule has 0 aromatic carbocycles. The topological polar surface area (TPSA) is 43.8 Å². The SMILES string of the molecule is CN=C(NCCc1nc(C(F)(F)F)cs1)N1CCN(C2CC3CCC2C3)CC1. The molecule has 1 aromatic rings. The van der Waals surface area contributed by atoms with Crippen LogP contribution in [0, 0.1) is 11.8 Å². The number of fused-ring (bicyclic) bond motifs is 2. The van der Waals surface area contributed by atoms with E-state index in [0.717, 1.165) is 66.7 Å². The number of nitrogens with zero attached hydrogens (tertiary/aromatic N) is 4. The number of alkyl halides is 3. The summed E-state index contributed by atoms with van der Waals surface area (Å²) in [7, 11) is 1.76. The summed E-state index contributed by atoms with van der Waals surface area (Å²) >= 11 is 1.06. The van der Waals surface area contributed by atoms with E-state index in [9.17, 15) is 13.2 Å². The van der Waals surface area contributed by atoms with Crippen LogP contribution in [0.1, 0.15) is 36.4 Å². The zero-order chi connectivity index (χ0) is 19.7. The van der Waals surface area contributed by atoms with Crippen molar-refractivity contribution in [2.24, 2.45) is 16.8 Å². The van der Waals surface area contributed by atoms with Gasteiger partial charge in [0.25, 0.3) is 0 Å². The standard InChI is InChI=1S/C19H28F3N5S/c1-23-18(24-5-4-17-25-16(12-28-17)19(20,21)22)27-8-6-26(7-9-27)15-11-13-2-3-14(15)10-13/h12-15H,2-11H2,1H3,(H,23,24). The minimum absolute atomic E-state index is 0.463. The number of thiazole rings is 1. The van der Waals surface area contributed by atoms with Crippen molar-refractivity contribution in [3.05, 3.63) is 16.1 Å². The maximum absolute atomic E-state index is 12.6. The highest BCUT2D eigenvalue weighted by atomic mass is 32.1. The van der Waals surface area contributed by atoms with Crippen molar-refractivity contribution >= 4 is 17.3 Å². The van der Waals surface area contributed by atoms with Gasteiger partial charge in [-0.3, -0.25) is 9.89 Å². The summed E-state index contributed by atoms with van der Waals surface area (Å²) in [5, 5.41) is 4.87. The van der Waals surface area contributed by atoms with Crippen LogP contribution in [-0.2, 0) is 12.6 Å². The van der Waals surface area contributed by atoms with Gasteiger partial charge in [0.2, 0.25) is 0 Å². The van der Waals surface area contributed by atoms with Crippen LogP contribution in [0.15, 0.2) is 10.4 Å². The number of rotatable bonds is 4. The third-order valence-corrected chi connectivity index (χ3v) is 7.37. The van der Waals surface area contributed by atoms with Gasteiger partial charge in [0, 0.05) is 57.6 Å². The van der Waals surface area contributed by atoms with E-state index in [1.807, 2.05) is 0 Å². The second-order valence-electron chi connectivity index (χ2n) is 8.11. The molecule has 3 unspecified atom stereocenters. The lowest BCUT2D eigenvalue weighted by molar-refractivity contribution is -0.140. The maximum atomic E-state index is 12.6. The summed E-state index contributed by atoms with van der Waals surface area (Å²) in [5.41, 5.74) is -0.798. The van der Waals surface area contributed by atoms with Crippen molar-refractivity contribution in [1.29, 1.82) is 0 Å². The van der Waals surface area contributed by atoms with Crippen LogP contribution in [0.3, 0.4) is 0 Å². The highest BCUT2D eigenvalue weighted by Gasteiger charge is 2.42. The maximum Gasteiger partial charge on any atom is 0.434 e. The molecule has 3 aliphatic rings. The number of hydrogen-bond donors (Lipinski definition) is 1. The largest absolute Gasteiger partial charge is 0.434 e. The summed E-state index contributed by atoms with van der Waals surface area (Å²) in [6.07, 6.45) is 1.75. The van der Waals surface area contributed by atoms with Gasteiger partial charge in [-0.25, -0.2) is 4.98 Å². The molecule has 0 radical (unpaired) electrons. The normalized spacial score (nSPS) is 28.9. The molecule has 156 valence electrons. The molecule has 0 amide bonds. The smallest absolute Gasteiger partial charge is 0.356 e. The molecule has 28 heavy (non-hydrogen) atoms. The molecule has 1 aromatic heterocycles. The number of halogens is 3. The predicted molar refractivity (Wildman–Crippen MR) is 105 cm³/mol. The van der Waals surface area contributed by atoms with Crippen LogP contribution in [-0.4, -0.2) is 66.6 Å². The Morgan fingerprint density at radius 3 is 2.61 bits per heavy atom. The highest BCUT2D eigenvalue weighted by Crippen LogP contribution is 2.46. The van der Waals surface area contributed by atoms with Gasteiger partial charge >= 0.3 is 6.18 Å². The van der Waals surface area contributed by atoms with E-state index in [1.165, 1.54) is 25.7 Å². The van der Waals surface area contributed by atoms with Gasteiger partial charge in [0.15, 0.2) is 11.7 Å².